The number of likely N-dealkylation sites (N-methyl/N-ethyl adjacent to an activating group) is 1. The second-order valence-corrected chi connectivity index (χ2v) is 6.79. The largest absolute Gasteiger partial charge is 0.340 e. The molecule has 2 heterocycles. The molecule has 1 aliphatic heterocycles. The molecule has 0 N–H and O–H groups in total. The van der Waals surface area contributed by atoms with Gasteiger partial charge >= 0.3 is 0 Å². The minimum atomic E-state index is -0.0721. The number of aromatic nitrogens is 2. The summed E-state index contributed by atoms with van der Waals surface area (Å²) in [4.78, 5) is 25.3. The highest BCUT2D eigenvalue weighted by molar-refractivity contribution is 6.04. The molecule has 5 heteroatoms. The van der Waals surface area contributed by atoms with Gasteiger partial charge in [-0.15, -0.1) is 0 Å². The molecule has 136 valence electrons. The molecule has 5 nitrogen and oxygen atoms in total. The summed E-state index contributed by atoms with van der Waals surface area (Å²) in [6, 6.07) is 0.396. The van der Waals surface area contributed by atoms with Gasteiger partial charge in [0.15, 0.2) is 5.82 Å². The van der Waals surface area contributed by atoms with E-state index in [1.165, 1.54) is 6.42 Å². The van der Waals surface area contributed by atoms with Crippen molar-refractivity contribution in [2.75, 3.05) is 16.8 Å². The van der Waals surface area contributed by atoms with Crippen molar-refractivity contribution >= 4 is 17.4 Å². The number of carbonyl (C=O) groups excluding carboxylic acids is 1. The van der Waals surface area contributed by atoms with Crippen molar-refractivity contribution in [2.45, 2.75) is 65.5 Å². The Bertz CT molecular complexity index is 664. The molecule has 0 saturated heterocycles. The van der Waals surface area contributed by atoms with E-state index in [0.29, 0.717) is 6.04 Å². The monoisotopic (exact) mass is 342 g/mol. The smallest absolute Gasteiger partial charge is 0.249 e. The average molecular weight is 342 g/mol. The highest BCUT2D eigenvalue weighted by atomic mass is 16.2. The number of carbonyl (C=O) groups is 1. The lowest BCUT2D eigenvalue weighted by Gasteiger charge is -2.47. The summed E-state index contributed by atoms with van der Waals surface area (Å²) in [6.45, 7) is 11.6. The molecule has 0 radical (unpaired) electrons. The van der Waals surface area contributed by atoms with Gasteiger partial charge in [0, 0.05) is 13.1 Å². The minimum Gasteiger partial charge on any atom is -0.340 e. The molecular formula is C20H30N4O. The molecule has 0 unspecified atom stereocenters. The number of fused-ring (bicyclic) bond motifs is 1. The van der Waals surface area contributed by atoms with Crippen LogP contribution in [0.3, 0.4) is 0 Å². The molecule has 1 saturated carbocycles. The van der Waals surface area contributed by atoms with Crippen LogP contribution in [0.2, 0.25) is 0 Å². The van der Waals surface area contributed by atoms with Crippen molar-refractivity contribution < 1.29 is 4.79 Å². The number of anilines is 2. The maximum absolute atomic E-state index is 12.5. The zero-order chi connectivity index (χ0) is 18.6. The lowest BCUT2D eigenvalue weighted by Crippen LogP contribution is -2.57. The van der Waals surface area contributed by atoms with E-state index < -0.39 is 0 Å². The Morgan fingerprint density at radius 1 is 1.44 bits per heavy atom. The van der Waals surface area contributed by atoms with E-state index in [0.717, 1.165) is 42.2 Å². The number of hydrogen-bond donors (Lipinski definition) is 0. The highest BCUT2D eigenvalue weighted by Crippen LogP contribution is 2.39. The van der Waals surface area contributed by atoms with Crippen LogP contribution in [0.15, 0.2) is 30.5 Å². The molecule has 2 aliphatic rings. The number of rotatable bonds is 3. The van der Waals surface area contributed by atoms with Crippen LogP contribution in [0.4, 0.5) is 11.5 Å². The molecule has 1 atom stereocenters. The van der Waals surface area contributed by atoms with Crippen LogP contribution in [-0.4, -0.2) is 35.0 Å². The zero-order valence-electron chi connectivity index (χ0n) is 16.1. The fraction of sp³-hybridized carbons (Fsp3) is 0.550. The van der Waals surface area contributed by atoms with Gasteiger partial charge in [0.2, 0.25) is 5.91 Å². The van der Waals surface area contributed by atoms with Gasteiger partial charge < -0.3 is 9.80 Å². The lowest BCUT2D eigenvalue weighted by molar-refractivity contribution is -0.120. The molecule has 0 aromatic carbocycles. The number of amides is 1. The number of aryl methyl sites for hydroxylation is 1. The van der Waals surface area contributed by atoms with Crippen molar-refractivity contribution in [1.29, 1.82) is 0 Å². The van der Waals surface area contributed by atoms with Crippen LogP contribution < -0.4 is 9.80 Å². The van der Waals surface area contributed by atoms with Crippen LogP contribution in [0.5, 0.6) is 0 Å². The standard InChI is InChI=1S/C14H20N4O.C6H10/c1-4-11-14(19)17(3)12-8-15-9(2)16-13(12)18(11)10-6-5-7-10;1-4-5-6(2)3/h8,10-11H,4-7H2,1-3H3;4-5H,2H2,1,3H3/b;5-4-/t11-;/m1./s1. The molecule has 0 bridgehead atoms. The summed E-state index contributed by atoms with van der Waals surface area (Å²) in [5.41, 5.74) is 1.95. The maximum Gasteiger partial charge on any atom is 0.249 e. The van der Waals surface area contributed by atoms with Crippen molar-refractivity contribution in [3.05, 3.63) is 36.3 Å². The maximum atomic E-state index is 12.5. The lowest BCUT2D eigenvalue weighted by atomic mass is 9.88. The van der Waals surface area contributed by atoms with Crippen LogP contribution in [-0.2, 0) is 4.79 Å². The predicted molar refractivity (Wildman–Crippen MR) is 104 cm³/mol. The molecule has 3 rings (SSSR count). The first-order chi connectivity index (χ1) is 11.9. The second kappa shape index (κ2) is 8.28. The minimum absolute atomic E-state index is 0.0721. The molecule has 1 amide bonds. The predicted octanol–water partition coefficient (Wildman–Crippen LogP) is 4.04. The van der Waals surface area contributed by atoms with E-state index in [9.17, 15) is 4.79 Å². The summed E-state index contributed by atoms with van der Waals surface area (Å²) < 4.78 is 0. The van der Waals surface area contributed by atoms with Gasteiger partial charge in [-0.3, -0.25) is 4.79 Å². The SMILES string of the molecule is C=C(C)/C=C\C.CC[C@@H]1C(=O)N(C)c2cnc(C)nc2N1C1CCC1. The molecule has 0 spiro atoms. The van der Waals surface area contributed by atoms with Gasteiger partial charge in [-0.25, -0.2) is 9.97 Å². The van der Waals surface area contributed by atoms with Gasteiger partial charge in [-0.1, -0.05) is 31.2 Å². The number of nitrogens with zero attached hydrogens (tertiary/aromatic N) is 4. The Balaban J connectivity index is 0.000000326. The van der Waals surface area contributed by atoms with Crippen molar-refractivity contribution in [1.82, 2.24) is 9.97 Å². The first-order valence-corrected chi connectivity index (χ1v) is 9.08. The van der Waals surface area contributed by atoms with E-state index in [4.69, 9.17) is 0 Å². The molecular weight excluding hydrogens is 312 g/mol. The fourth-order valence-corrected chi connectivity index (χ4v) is 3.24. The third-order valence-electron chi connectivity index (χ3n) is 4.73. The third kappa shape index (κ3) is 4.09. The van der Waals surface area contributed by atoms with Crippen molar-refractivity contribution in [3.8, 4) is 0 Å². The normalized spacial score (nSPS) is 20.0. The second-order valence-electron chi connectivity index (χ2n) is 6.79. The summed E-state index contributed by atoms with van der Waals surface area (Å²) in [6.07, 6.45) is 10.1. The Hall–Kier alpha value is -2.17. The quantitative estimate of drug-likeness (QED) is 0.778. The highest BCUT2D eigenvalue weighted by Gasteiger charge is 2.41. The van der Waals surface area contributed by atoms with Crippen LogP contribution in [0.1, 0.15) is 52.3 Å². The number of allylic oxidation sites excluding steroid dienone is 3. The van der Waals surface area contributed by atoms with Crippen LogP contribution in [0, 0.1) is 6.92 Å². The van der Waals surface area contributed by atoms with Crippen molar-refractivity contribution in [3.63, 3.8) is 0 Å². The molecule has 1 aliphatic carbocycles. The van der Waals surface area contributed by atoms with Gasteiger partial charge in [-0.05, 0) is 46.5 Å². The zero-order valence-corrected chi connectivity index (χ0v) is 16.1. The van der Waals surface area contributed by atoms with Gasteiger partial charge in [0.05, 0.1) is 6.20 Å². The van der Waals surface area contributed by atoms with Gasteiger partial charge in [0.1, 0.15) is 17.6 Å². The first kappa shape index (κ1) is 19.2. The van der Waals surface area contributed by atoms with E-state index in [1.807, 2.05) is 40.0 Å². The average Bonchev–Trinajstić information content (AvgIpc) is 2.51. The summed E-state index contributed by atoms with van der Waals surface area (Å²) >= 11 is 0. The van der Waals surface area contributed by atoms with Crippen molar-refractivity contribution in [2.24, 2.45) is 0 Å². The topological polar surface area (TPSA) is 49.3 Å². The van der Waals surface area contributed by atoms with E-state index in [2.05, 4.69) is 28.4 Å². The van der Waals surface area contributed by atoms with Gasteiger partial charge in [-0.2, -0.15) is 0 Å². The summed E-state index contributed by atoms with van der Waals surface area (Å²) in [7, 11) is 1.82. The third-order valence-corrected chi connectivity index (χ3v) is 4.73. The Kier molecular flexibility index (Phi) is 6.34. The molecule has 1 fully saturated rings. The molecule has 1 aromatic heterocycles. The Labute approximate surface area is 151 Å². The number of hydrogen-bond acceptors (Lipinski definition) is 4. The van der Waals surface area contributed by atoms with E-state index >= 15 is 0 Å². The molecule has 1 aromatic rings. The van der Waals surface area contributed by atoms with E-state index in [-0.39, 0.29) is 11.9 Å². The van der Waals surface area contributed by atoms with Crippen LogP contribution >= 0.6 is 0 Å². The summed E-state index contributed by atoms with van der Waals surface area (Å²) in [5, 5.41) is 0. The fourth-order valence-electron chi connectivity index (χ4n) is 3.24. The first-order valence-electron chi connectivity index (χ1n) is 9.08. The van der Waals surface area contributed by atoms with Gasteiger partial charge in [0.25, 0.3) is 0 Å². The Morgan fingerprint density at radius 3 is 2.56 bits per heavy atom. The van der Waals surface area contributed by atoms with E-state index in [1.54, 1.807) is 11.1 Å². The summed E-state index contributed by atoms with van der Waals surface area (Å²) in [5.74, 6) is 1.86. The Morgan fingerprint density at radius 2 is 2.12 bits per heavy atom. The molecule has 25 heavy (non-hydrogen) atoms. The van der Waals surface area contributed by atoms with Crippen LogP contribution in [0.25, 0.3) is 0 Å².